The molecule has 0 spiro atoms. The van der Waals surface area contributed by atoms with Crippen molar-refractivity contribution in [2.45, 2.75) is 17.9 Å². The van der Waals surface area contributed by atoms with E-state index in [9.17, 15) is 12.8 Å². The molecule has 1 heterocycles. The molecule has 1 N–H and O–H groups in total. The van der Waals surface area contributed by atoms with Crippen LogP contribution in [0.15, 0.2) is 47.6 Å². The number of pyridine rings is 1. The second-order valence-corrected chi connectivity index (χ2v) is 6.75. The minimum absolute atomic E-state index is 0.220. The van der Waals surface area contributed by atoms with Crippen molar-refractivity contribution in [2.75, 3.05) is 12.8 Å². The highest BCUT2D eigenvalue weighted by molar-refractivity contribution is 7.90. The summed E-state index contributed by atoms with van der Waals surface area (Å²) in [5.41, 5.74) is 1.14. The van der Waals surface area contributed by atoms with Crippen LogP contribution in [0.3, 0.4) is 0 Å². The topological polar surface area (TPSA) is 59.1 Å². The van der Waals surface area contributed by atoms with Gasteiger partial charge in [-0.05, 0) is 30.3 Å². The molecule has 0 radical (unpaired) electrons. The second kappa shape index (κ2) is 6.32. The van der Waals surface area contributed by atoms with Crippen molar-refractivity contribution in [1.82, 2.24) is 10.3 Å². The third-order valence-corrected chi connectivity index (χ3v) is 4.25. The smallest absolute Gasteiger partial charge is 0.175 e. The van der Waals surface area contributed by atoms with Gasteiger partial charge in [-0.1, -0.05) is 19.1 Å². The summed E-state index contributed by atoms with van der Waals surface area (Å²) in [4.78, 5) is 3.96. The van der Waals surface area contributed by atoms with E-state index in [-0.39, 0.29) is 4.90 Å². The van der Waals surface area contributed by atoms with Crippen LogP contribution in [0.4, 0.5) is 4.39 Å². The van der Waals surface area contributed by atoms with Gasteiger partial charge < -0.3 is 5.32 Å². The van der Waals surface area contributed by atoms with Gasteiger partial charge in [0.15, 0.2) is 9.84 Å². The highest BCUT2D eigenvalue weighted by Gasteiger charge is 2.18. The van der Waals surface area contributed by atoms with Crippen LogP contribution in [0, 0.1) is 5.82 Å². The average Bonchev–Trinajstić information content (AvgIpc) is 2.45. The van der Waals surface area contributed by atoms with Crippen molar-refractivity contribution in [2.24, 2.45) is 0 Å². The van der Waals surface area contributed by atoms with E-state index in [0.29, 0.717) is 17.7 Å². The summed E-state index contributed by atoms with van der Waals surface area (Å²) < 4.78 is 37.3. The molecule has 4 nitrogen and oxygen atoms in total. The number of benzene rings is 1. The van der Waals surface area contributed by atoms with Gasteiger partial charge in [0, 0.05) is 18.0 Å². The van der Waals surface area contributed by atoms with E-state index < -0.39 is 21.7 Å². The fraction of sp³-hybridized carbons (Fsp3) is 0.267. The van der Waals surface area contributed by atoms with Crippen LogP contribution < -0.4 is 5.32 Å². The molecule has 0 aliphatic carbocycles. The van der Waals surface area contributed by atoms with Crippen LogP contribution in [0.25, 0.3) is 0 Å². The van der Waals surface area contributed by atoms with E-state index in [0.717, 1.165) is 12.5 Å². The number of aromatic nitrogens is 1. The molecule has 1 aromatic carbocycles. The maximum Gasteiger partial charge on any atom is 0.175 e. The maximum atomic E-state index is 14.0. The zero-order valence-electron chi connectivity index (χ0n) is 11.9. The number of rotatable bonds is 5. The molecule has 2 rings (SSSR count). The highest BCUT2D eigenvalue weighted by atomic mass is 32.2. The predicted molar refractivity (Wildman–Crippen MR) is 79.3 cm³/mol. The first-order chi connectivity index (χ1) is 9.93. The molecule has 6 heteroatoms. The molecule has 0 saturated heterocycles. The van der Waals surface area contributed by atoms with E-state index in [4.69, 9.17) is 0 Å². The first-order valence-electron chi connectivity index (χ1n) is 6.56. The van der Waals surface area contributed by atoms with Crippen LogP contribution >= 0.6 is 0 Å². The van der Waals surface area contributed by atoms with Crippen LogP contribution in [-0.4, -0.2) is 26.2 Å². The number of halogens is 1. The van der Waals surface area contributed by atoms with Crippen LogP contribution in [0.5, 0.6) is 0 Å². The van der Waals surface area contributed by atoms with Crippen LogP contribution in [0.2, 0.25) is 0 Å². The van der Waals surface area contributed by atoms with Gasteiger partial charge in [-0.15, -0.1) is 0 Å². The molecule has 21 heavy (non-hydrogen) atoms. The van der Waals surface area contributed by atoms with E-state index in [1.807, 2.05) is 6.92 Å². The normalized spacial score (nSPS) is 13.1. The Morgan fingerprint density at radius 2 is 2.10 bits per heavy atom. The van der Waals surface area contributed by atoms with Crippen molar-refractivity contribution in [1.29, 1.82) is 0 Å². The summed E-state index contributed by atoms with van der Waals surface area (Å²) in [5.74, 6) is -0.423. The second-order valence-electron chi connectivity index (χ2n) is 4.73. The van der Waals surface area contributed by atoms with E-state index >= 15 is 0 Å². The zero-order chi connectivity index (χ0) is 15.5. The quantitative estimate of drug-likeness (QED) is 0.921. The third kappa shape index (κ3) is 3.65. The lowest BCUT2D eigenvalue weighted by atomic mass is 9.99. The molecular weight excluding hydrogens is 291 g/mol. The van der Waals surface area contributed by atoms with Crippen LogP contribution in [0.1, 0.15) is 24.1 Å². The van der Waals surface area contributed by atoms with Gasteiger partial charge in [-0.2, -0.15) is 0 Å². The molecule has 1 atom stereocenters. The van der Waals surface area contributed by atoms with Gasteiger partial charge in [0.1, 0.15) is 5.82 Å². The molecule has 1 unspecified atom stereocenters. The lowest BCUT2D eigenvalue weighted by Crippen LogP contribution is -2.23. The highest BCUT2D eigenvalue weighted by Crippen LogP contribution is 2.25. The van der Waals surface area contributed by atoms with Crippen molar-refractivity contribution in [3.05, 3.63) is 59.7 Å². The Kier molecular flexibility index (Phi) is 4.69. The monoisotopic (exact) mass is 308 g/mol. The molecule has 0 bridgehead atoms. The number of hydrogen-bond acceptors (Lipinski definition) is 4. The third-order valence-electron chi connectivity index (χ3n) is 3.14. The Morgan fingerprint density at radius 3 is 2.71 bits per heavy atom. The molecule has 0 fully saturated rings. The molecule has 1 aromatic heterocycles. The zero-order valence-corrected chi connectivity index (χ0v) is 12.7. The molecular formula is C15H17FN2O2S. The number of nitrogens with one attached hydrogen (secondary N) is 1. The Hall–Kier alpha value is -1.79. The molecule has 0 amide bonds. The Bertz CT molecular complexity index is 732. The lowest BCUT2D eigenvalue weighted by Gasteiger charge is -2.19. The summed E-state index contributed by atoms with van der Waals surface area (Å²) in [6.07, 6.45) is 3.82. The first kappa shape index (κ1) is 15.6. The molecule has 2 aromatic rings. The first-order valence-corrected chi connectivity index (χ1v) is 8.45. The Labute approximate surface area is 124 Å². The molecule has 0 saturated carbocycles. The summed E-state index contributed by atoms with van der Waals surface area (Å²) in [6.45, 7) is 2.53. The predicted octanol–water partition coefficient (Wildman–Crippen LogP) is 2.32. The molecule has 112 valence electrons. The van der Waals surface area contributed by atoms with Gasteiger partial charge in [-0.3, -0.25) is 4.98 Å². The van der Waals surface area contributed by atoms with Gasteiger partial charge in [-0.25, -0.2) is 12.8 Å². The number of nitrogens with zero attached hydrogens (tertiary/aromatic N) is 1. The summed E-state index contributed by atoms with van der Waals surface area (Å²) in [5, 5.41) is 3.17. The standard InChI is InChI=1S/C15H17FN2O2S/c1-3-18-15(13-7-8-17-10-14(13)16)11-5-4-6-12(9-11)21(2,19)20/h4-10,15,18H,3H2,1-2H3. The fourth-order valence-corrected chi connectivity index (χ4v) is 2.83. The van der Waals surface area contributed by atoms with Crippen molar-refractivity contribution in [3.63, 3.8) is 0 Å². The van der Waals surface area contributed by atoms with Crippen LogP contribution in [-0.2, 0) is 9.84 Å². The minimum atomic E-state index is -3.30. The number of hydrogen-bond donors (Lipinski definition) is 1. The van der Waals surface area contributed by atoms with Gasteiger partial charge in [0.05, 0.1) is 17.1 Å². The Morgan fingerprint density at radius 1 is 1.33 bits per heavy atom. The van der Waals surface area contributed by atoms with Gasteiger partial charge in [0.25, 0.3) is 0 Å². The van der Waals surface area contributed by atoms with E-state index in [1.54, 1.807) is 24.3 Å². The minimum Gasteiger partial charge on any atom is -0.306 e. The fourth-order valence-electron chi connectivity index (χ4n) is 2.16. The van der Waals surface area contributed by atoms with E-state index in [2.05, 4.69) is 10.3 Å². The van der Waals surface area contributed by atoms with E-state index in [1.165, 1.54) is 12.3 Å². The van der Waals surface area contributed by atoms with Crippen molar-refractivity contribution < 1.29 is 12.8 Å². The SMILES string of the molecule is CCNC(c1cccc(S(C)(=O)=O)c1)c1ccncc1F. The molecule has 0 aliphatic rings. The van der Waals surface area contributed by atoms with Gasteiger partial charge in [0.2, 0.25) is 0 Å². The maximum absolute atomic E-state index is 14.0. The van der Waals surface area contributed by atoms with Crippen molar-refractivity contribution >= 4 is 9.84 Å². The van der Waals surface area contributed by atoms with Gasteiger partial charge >= 0.3 is 0 Å². The largest absolute Gasteiger partial charge is 0.306 e. The lowest BCUT2D eigenvalue weighted by molar-refractivity contribution is 0.554. The number of sulfone groups is 1. The van der Waals surface area contributed by atoms with Crippen molar-refractivity contribution in [3.8, 4) is 0 Å². The summed E-state index contributed by atoms with van der Waals surface area (Å²) in [7, 11) is -3.30. The Balaban J connectivity index is 2.51. The average molecular weight is 308 g/mol. The molecule has 0 aliphatic heterocycles. The summed E-state index contributed by atoms with van der Waals surface area (Å²) in [6, 6.07) is 7.72. The summed E-state index contributed by atoms with van der Waals surface area (Å²) >= 11 is 0.